The van der Waals surface area contributed by atoms with Crippen LogP contribution in [0.3, 0.4) is 0 Å². The van der Waals surface area contributed by atoms with E-state index in [1.807, 2.05) is 43.4 Å². The monoisotopic (exact) mass is 357 g/mol. The van der Waals surface area contributed by atoms with E-state index in [0.717, 1.165) is 26.5 Å². The molecule has 0 fully saturated rings. The van der Waals surface area contributed by atoms with E-state index < -0.39 is 0 Å². The van der Waals surface area contributed by atoms with Gasteiger partial charge in [0.05, 0.1) is 0 Å². The Kier molecular flexibility index (Phi) is 5.28. The molecular weight excluding hydrogens is 345 g/mol. The number of rotatable bonds is 4. The first-order valence-electron chi connectivity index (χ1n) is 5.97. The average molecular weight is 359 g/mol. The van der Waals surface area contributed by atoms with Gasteiger partial charge >= 0.3 is 0 Å². The standard InChI is InChI=1S/C15H14BrCl2N/c1-19-15(8-10-4-2-3-5-14(10)18)12-7-6-11(17)9-13(12)16/h2-7,9,15,19H,8H2,1H3. The third kappa shape index (κ3) is 3.73. The number of likely N-dealkylation sites (N-methyl/N-ethyl adjacent to an activating group) is 1. The van der Waals surface area contributed by atoms with Gasteiger partial charge < -0.3 is 5.32 Å². The van der Waals surface area contributed by atoms with E-state index in [2.05, 4.69) is 27.3 Å². The summed E-state index contributed by atoms with van der Waals surface area (Å²) in [6, 6.07) is 13.9. The third-order valence-corrected chi connectivity index (χ3v) is 4.36. The Bertz CT molecular complexity index is 572. The molecule has 0 saturated heterocycles. The smallest absolute Gasteiger partial charge is 0.0438 e. The van der Waals surface area contributed by atoms with Crippen molar-refractivity contribution in [2.24, 2.45) is 0 Å². The van der Waals surface area contributed by atoms with Crippen molar-refractivity contribution in [2.45, 2.75) is 12.5 Å². The summed E-state index contributed by atoms with van der Waals surface area (Å²) >= 11 is 15.8. The molecule has 0 aromatic heterocycles. The summed E-state index contributed by atoms with van der Waals surface area (Å²) in [6.45, 7) is 0. The molecule has 100 valence electrons. The van der Waals surface area contributed by atoms with Gasteiger partial charge in [0.25, 0.3) is 0 Å². The second kappa shape index (κ2) is 6.76. The molecule has 0 saturated carbocycles. The maximum absolute atomic E-state index is 6.22. The first-order chi connectivity index (χ1) is 9.11. The largest absolute Gasteiger partial charge is 0.313 e. The van der Waals surface area contributed by atoms with Crippen LogP contribution in [0.15, 0.2) is 46.9 Å². The molecule has 1 atom stereocenters. The molecule has 2 aromatic carbocycles. The summed E-state index contributed by atoms with van der Waals surface area (Å²) in [6.07, 6.45) is 0.830. The molecule has 0 bridgehead atoms. The fraction of sp³-hybridized carbons (Fsp3) is 0.200. The van der Waals surface area contributed by atoms with Crippen LogP contribution in [0.4, 0.5) is 0 Å². The van der Waals surface area contributed by atoms with Gasteiger partial charge in [0.2, 0.25) is 0 Å². The van der Waals surface area contributed by atoms with E-state index in [1.54, 1.807) is 0 Å². The van der Waals surface area contributed by atoms with Gasteiger partial charge in [0.1, 0.15) is 0 Å². The van der Waals surface area contributed by atoms with Crippen LogP contribution in [-0.4, -0.2) is 7.05 Å². The van der Waals surface area contributed by atoms with Crippen molar-refractivity contribution >= 4 is 39.1 Å². The van der Waals surface area contributed by atoms with Gasteiger partial charge in [-0.3, -0.25) is 0 Å². The number of benzene rings is 2. The van der Waals surface area contributed by atoms with E-state index >= 15 is 0 Å². The summed E-state index contributed by atoms with van der Waals surface area (Å²) in [5.41, 5.74) is 2.30. The Morgan fingerprint density at radius 2 is 1.89 bits per heavy atom. The average Bonchev–Trinajstić information content (AvgIpc) is 2.39. The van der Waals surface area contributed by atoms with Crippen LogP contribution in [-0.2, 0) is 6.42 Å². The van der Waals surface area contributed by atoms with Gasteiger partial charge in [0, 0.05) is 20.6 Å². The van der Waals surface area contributed by atoms with Gasteiger partial charge in [-0.15, -0.1) is 0 Å². The Morgan fingerprint density at radius 1 is 1.16 bits per heavy atom. The highest BCUT2D eigenvalue weighted by atomic mass is 79.9. The minimum Gasteiger partial charge on any atom is -0.313 e. The second-order valence-corrected chi connectivity index (χ2v) is 6.00. The zero-order valence-electron chi connectivity index (χ0n) is 10.5. The van der Waals surface area contributed by atoms with Gasteiger partial charge in [-0.2, -0.15) is 0 Å². The van der Waals surface area contributed by atoms with Crippen LogP contribution in [0.2, 0.25) is 10.0 Å². The lowest BCUT2D eigenvalue weighted by Crippen LogP contribution is -2.19. The first kappa shape index (κ1) is 14.9. The van der Waals surface area contributed by atoms with Crippen LogP contribution in [0.5, 0.6) is 0 Å². The van der Waals surface area contributed by atoms with Crippen LogP contribution in [0, 0.1) is 0 Å². The van der Waals surface area contributed by atoms with E-state index in [-0.39, 0.29) is 6.04 Å². The van der Waals surface area contributed by atoms with Crippen LogP contribution >= 0.6 is 39.1 Å². The predicted octanol–water partition coefficient (Wildman–Crippen LogP) is 5.26. The molecule has 0 heterocycles. The molecule has 2 rings (SSSR count). The maximum Gasteiger partial charge on any atom is 0.0438 e. The molecule has 4 heteroatoms. The molecular formula is C15H14BrCl2N. The van der Waals surface area contributed by atoms with Gasteiger partial charge in [-0.25, -0.2) is 0 Å². The molecule has 1 N–H and O–H groups in total. The summed E-state index contributed by atoms with van der Waals surface area (Å²) in [5.74, 6) is 0. The molecule has 0 aliphatic rings. The third-order valence-electron chi connectivity index (χ3n) is 3.07. The number of halogens is 3. The van der Waals surface area contributed by atoms with Gasteiger partial charge in [0.15, 0.2) is 0 Å². The van der Waals surface area contributed by atoms with Gasteiger partial charge in [-0.05, 0) is 42.8 Å². The minimum absolute atomic E-state index is 0.187. The Balaban J connectivity index is 2.28. The number of nitrogens with one attached hydrogen (secondary N) is 1. The highest BCUT2D eigenvalue weighted by Crippen LogP contribution is 2.30. The molecule has 1 nitrogen and oxygen atoms in total. The highest BCUT2D eigenvalue weighted by molar-refractivity contribution is 9.10. The molecule has 0 radical (unpaired) electrons. The summed E-state index contributed by atoms with van der Waals surface area (Å²) in [5, 5.41) is 4.85. The summed E-state index contributed by atoms with van der Waals surface area (Å²) in [7, 11) is 1.95. The Morgan fingerprint density at radius 3 is 2.53 bits per heavy atom. The molecule has 0 aliphatic heterocycles. The zero-order chi connectivity index (χ0) is 13.8. The van der Waals surface area contributed by atoms with Crippen molar-refractivity contribution in [3.05, 3.63) is 68.1 Å². The predicted molar refractivity (Wildman–Crippen MR) is 86.1 cm³/mol. The highest BCUT2D eigenvalue weighted by Gasteiger charge is 2.14. The number of hydrogen-bond acceptors (Lipinski definition) is 1. The summed E-state index contributed by atoms with van der Waals surface area (Å²) < 4.78 is 1.01. The molecule has 0 spiro atoms. The van der Waals surface area contributed by atoms with Crippen LogP contribution in [0.1, 0.15) is 17.2 Å². The quantitative estimate of drug-likeness (QED) is 0.786. The first-order valence-corrected chi connectivity index (χ1v) is 7.52. The van der Waals surface area contributed by atoms with Crippen molar-refractivity contribution in [3.8, 4) is 0 Å². The fourth-order valence-electron chi connectivity index (χ4n) is 2.04. The van der Waals surface area contributed by atoms with E-state index in [4.69, 9.17) is 23.2 Å². The topological polar surface area (TPSA) is 12.0 Å². The lowest BCUT2D eigenvalue weighted by atomic mass is 9.99. The van der Waals surface area contributed by atoms with E-state index in [0.29, 0.717) is 0 Å². The van der Waals surface area contributed by atoms with Gasteiger partial charge in [-0.1, -0.05) is 63.4 Å². The Labute approximate surface area is 132 Å². The lowest BCUT2D eigenvalue weighted by molar-refractivity contribution is 0.590. The lowest BCUT2D eigenvalue weighted by Gasteiger charge is -2.19. The zero-order valence-corrected chi connectivity index (χ0v) is 13.6. The Hall–Kier alpha value is -0.540. The molecule has 0 aliphatic carbocycles. The summed E-state index contributed by atoms with van der Waals surface area (Å²) in [4.78, 5) is 0. The second-order valence-electron chi connectivity index (χ2n) is 4.30. The molecule has 1 unspecified atom stereocenters. The maximum atomic E-state index is 6.22. The van der Waals surface area contributed by atoms with Crippen molar-refractivity contribution in [1.29, 1.82) is 0 Å². The van der Waals surface area contributed by atoms with E-state index in [9.17, 15) is 0 Å². The number of hydrogen-bond donors (Lipinski definition) is 1. The molecule has 19 heavy (non-hydrogen) atoms. The van der Waals surface area contributed by atoms with Crippen molar-refractivity contribution in [1.82, 2.24) is 5.32 Å². The fourth-order valence-corrected chi connectivity index (χ4v) is 3.21. The normalized spacial score (nSPS) is 12.4. The van der Waals surface area contributed by atoms with Crippen LogP contribution < -0.4 is 5.32 Å². The van der Waals surface area contributed by atoms with Crippen molar-refractivity contribution < 1.29 is 0 Å². The van der Waals surface area contributed by atoms with Crippen molar-refractivity contribution in [3.63, 3.8) is 0 Å². The van der Waals surface area contributed by atoms with Crippen LogP contribution in [0.25, 0.3) is 0 Å². The molecule has 0 amide bonds. The van der Waals surface area contributed by atoms with Crippen molar-refractivity contribution in [2.75, 3.05) is 7.05 Å². The SMILES string of the molecule is CNC(Cc1ccccc1Cl)c1ccc(Cl)cc1Br. The van der Waals surface area contributed by atoms with E-state index in [1.165, 1.54) is 5.56 Å². The minimum atomic E-state index is 0.187. The molecule has 2 aromatic rings.